The number of halogens is 1. The minimum Gasteiger partial charge on any atom is -0.342 e. The number of imide groups is 1. The van der Waals surface area contributed by atoms with Crippen LogP contribution in [-0.4, -0.2) is 62.4 Å². The molecule has 2 N–H and O–H groups in total. The number of nitrogens with zero attached hydrogens (tertiary/aromatic N) is 4. The molecule has 2 fully saturated rings. The fourth-order valence-corrected chi connectivity index (χ4v) is 4.58. The van der Waals surface area contributed by atoms with Crippen molar-refractivity contribution in [3.05, 3.63) is 35.1 Å². The van der Waals surface area contributed by atoms with Crippen LogP contribution in [-0.2, 0) is 16.0 Å². The highest BCUT2D eigenvalue weighted by molar-refractivity contribution is 7.99. The Morgan fingerprint density at radius 3 is 2.60 bits per heavy atom. The van der Waals surface area contributed by atoms with Gasteiger partial charge in [-0.15, -0.1) is 10.2 Å². The van der Waals surface area contributed by atoms with E-state index >= 15 is 0 Å². The standard InChI is InChI=1S/C19H21ClN6O3S/c20-12-3-5-14(6-4-12)26-15(9-13-10-16(27)22-18(29)21-13)23-24-19(26)30-11-17(28)25-7-1-2-8-25/h3-6,13H,1-2,7-11H2,(H2,21,22,27,29). The predicted molar refractivity (Wildman–Crippen MR) is 112 cm³/mol. The smallest absolute Gasteiger partial charge is 0.321 e. The molecule has 30 heavy (non-hydrogen) atoms. The van der Waals surface area contributed by atoms with Crippen molar-refractivity contribution in [3.8, 4) is 5.69 Å². The molecule has 0 radical (unpaired) electrons. The Morgan fingerprint density at radius 1 is 1.17 bits per heavy atom. The zero-order chi connectivity index (χ0) is 21.1. The first kappa shape index (κ1) is 20.7. The van der Waals surface area contributed by atoms with Crippen LogP contribution in [0.2, 0.25) is 5.02 Å². The third-order valence-corrected chi connectivity index (χ3v) is 6.18. The molecule has 3 heterocycles. The molecule has 0 aliphatic carbocycles. The Kier molecular flexibility index (Phi) is 6.24. The van der Waals surface area contributed by atoms with E-state index in [4.69, 9.17) is 11.6 Å². The maximum Gasteiger partial charge on any atom is 0.321 e. The Labute approximate surface area is 182 Å². The van der Waals surface area contributed by atoms with Gasteiger partial charge in [0.1, 0.15) is 5.82 Å². The lowest BCUT2D eigenvalue weighted by Gasteiger charge is -2.23. The van der Waals surface area contributed by atoms with Crippen molar-refractivity contribution in [3.63, 3.8) is 0 Å². The Morgan fingerprint density at radius 2 is 1.90 bits per heavy atom. The van der Waals surface area contributed by atoms with Gasteiger partial charge in [-0.2, -0.15) is 0 Å². The summed E-state index contributed by atoms with van der Waals surface area (Å²) in [7, 11) is 0. The second-order valence-electron chi connectivity index (χ2n) is 7.21. The van der Waals surface area contributed by atoms with Gasteiger partial charge < -0.3 is 10.2 Å². The minimum atomic E-state index is -0.514. The first-order valence-electron chi connectivity index (χ1n) is 9.71. The number of hydrogen-bond donors (Lipinski definition) is 2. The molecule has 2 aliphatic heterocycles. The molecule has 9 nitrogen and oxygen atoms in total. The number of hydrogen-bond acceptors (Lipinski definition) is 6. The van der Waals surface area contributed by atoms with Gasteiger partial charge in [-0.1, -0.05) is 23.4 Å². The van der Waals surface area contributed by atoms with Crippen LogP contribution in [0.15, 0.2) is 29.4 Å². The van der Waals surface area contributed by atoms with Crippen LogP contribution in [0.1, 0.15) is 25.1 Å². The monoisotopic (exact) mass is 448 g/mol. The quantitative estimate of drug-likeness (QED) is 0.652. The van der Waals surface area contributed by atoms with Gasteiger partial charge in [0, 0.05) is 42.7 Å². The van der Waals surface area contributed by atoms with Crippen LogP contribution in [0, 0.1) is 0 Å². The number of likely N-dealkylation sites (tertiary alicyclic amines) is 1. The summed E-state index contributed by atoms with van der Waals surface area (Å²) in [5.41, 5.74) is 0.794. The SMILES string of the molecule is O=C1CC(Cc2nnc(SCC(=O)N3CCCC3)n2-c2ccc(Cl)cc2)NC(=O)N1. The number of amides is 4. The second-order valence-corrected chi connectivity index (χ2v) is 8.59. The highest BCUT2D eigenvalue weighted by Gasteiger charge is 2.27. The van der Waals surface area contributed by atoms with E-state index in [1.54, 1.807) is 12.1 Å². The number of thioether (sulfide) groups is 1. The number of aromatic nitrogens is 3. The van der Waals surface area contributed by atoms with E-state index in [1.807, 2.05) is 21.6 Å². The van der Waals surface area contributed by atoms with Crippen molar-refractivity contribution in [2.24, 2.45) is 0 Å². The molecule has 1 aromatic carbocycles. The molecule has 1 unspecified atom stereocenters. The highest BCUT2D eigenvalue weighted by Crippen LogP contribution is 2.25. The lowest BCUT2D eigenvalue weighted by molar-refractivity contribution is -0.127. The summed E-state index contributed by atoms with van der Waals surface area (Å²) in [4.78, 5) is 37.6. The van der Waals surface area contributed by atoms with Gasteiger partial charge in [-0.3, -0.25) is 19.5 Å². The van der Waals surface area contributed by atoms with Gasteiger partial charge in [0.05, 0.1) is 5.75 Å². The van der Waals surface area contributed by atoms with E-state index < -0.39 is 6.03 Å². The number of rotatable bonds is 6. The second kappa shape index (κ2) is 9.05. The molecular weight excluding hydrogens is 428 g/mol. The van der Waals surface area contributed by atoms with E-state index in [0.29, 0.717) is 22.4 Å². The molecule has 1 aromatic heterocycles. The summed E-state index contributed by atoms with van der Waals surface area (Å²) in [6.07, 6.45) is 2.58. The topological polar surface area (TPSA) is 109 Å². The molecule has 0 bridgehead atoms. The van der Waals surface area contributed by atoms with Crippen LogP contribution in [0.5, 0.6) is 0 Å². The summed E-state index contributed by atoms with van der Waals surface area (Å²) >= 11 is 7.35. The van der Waals surface area contributed by atoms with Crippen molar-refractivity contribution >= 4 is 41.2 Å². The molecule has 4 rings (SSSR count). The van der Waals surface area contributed by atoms with Crippen LogP contribution in [0.4, 0.5) is 4.79 Å². The molecule has 1 atom stereocenters. The molecule has 2 aromatic rings. The molecule has 158 valence electrons. The van der Waals surface area contributed by atoms with Crippen molar-refractivity contribution in [2.45, 2.75) is 36.9 Å². The largest absolute Gasteiger partial charge is 0.342 e. The fourth-order valence-electron chi connectivity index (χ4n) is 3.58. The molecular formula is C19H21ClN6O3S. The highest BCUT2D eigenvalue weighted by atomic mass is 35.5. The summed E-state index contributed by atoms with van der Waals surface area (Å²) in [6.45, 7) is 1.61. The molecule has 2 aliphatic rings. The molecule has 0 spiro atoms. The van der Waals surface area contributed by atoms with Crippen molar-refractivity contribution in [1.82, 2.24) is 30.3 Å². The summed E-state index contributed by atoms with van der Waals surface area (Å²) < 4.78 is 1.84. The fraction of sp³-hybridized carbons (Fsp3) is 0.421. The van der Waals surface area contributed by atoms with Crippen LogP contribution in [0.3, 0.4) is 0 Å². The number of benzene rings is 1. The minimum absolute atomic E-state index is 0.0842. The molecule has 2 saturated heterocycles. The Balaban J connectivity index is 1.56. The number of carbonyl (C=O) groups excluding carboxylic acids is 3. The number of urea groups is 1. The molecule has 11 heteroatoms. The van der Waals surface area contributed by atoms with E-state index in [1.165, 1.54) is 11.8 Å². The van der Waals surface area contributed by atoms with Gasteiger partial charge >= 0.3 is 6.03 Å². The zero-order valence-corrected chi connectivity index (χ0v) is 17.7. The van der Waals surface area contributed by atoms with Crippen molar-refractivity contribution in [2.75, 3.05) is 18.8 Å². The average molecular weight is 449 g/mol. The number of carbonyl (C=O) groups is 3. The van der Waals surface area contributed by atoms with E-state index in [-0.39, 0.29) is 30.0 Å². The third kappa shape index (κ3) is 4.76. The lowest BCUT2D eigenvalue weighted by Crippen LogP contribution is -2.53. The summed E-state index contributed by atoms with van der Waals surface area (Å²) in [5.74, 6) is 0.621. The number of nitrogens with one attached hydrogen (secondary N) is 2. The van der Waals surface area contributed by atoms with Crippen LogP contribution in [0.25, 0.3) is 5.69 Å². The average Bonchev–Trinajstić information content (AvgIpc) is 3.36. The maximum atomic E-state index is 12.4. The zero-order valence-electron chi connectivity index (χ0n) is 16.1. The van der Waals surface area contributed by atoms with Gasteiger partial charge in [0.2, 0.25) is 11.8 Å². The van der Waals surface area contributed by atoms with Gasteiger partial charge in [0.15, 0.2) is 5.16 Å². The van der Waals surface area contributed by atoms with Gasteiger partial charge in [-0.05, 0) is 37.1 Å². The van der Waals surface area contributed by atoms with Crippen LogP contribution < -0.4 is 10.6 Å². The van der Waals surface area contributed by atoms with E-state index in [0.717, 1.165) is 31.6 Å². The van der Waals surface area contributed by atoms with E-state index in [2.05, 4.69) is 20.8 Å². The van der Waals surface area contributed by atoms with Gasteiger partial charge in [-0.25, -0.2) is 4.79 Å². The molecule has 0 saturated carbocycles. The Hall–Kier alpha value is -2.59. The van der Waals surface area contributed by atoms with Crippen molar-refractivity contribution < 1.29 is 14.4 Å². The summed E-state index contributed by atoms with van der Waals surface area (Å²) in [5, 5.41) is 14.7. The normalized spacial score (nSPS) is 19.0. The van der Waals surface area contributed by atoms with Gasteiger partial charge in [0.25, 0.3) is 0 Å². The Bertz CT molecular complexity index is 942. The van der Waals surface area contributed by atoms with Crippen LogP contribution >= 0.6 is 23.4 Å². The lowest BCUT2D eigenvalue weighted by atomic mass is 10.1. The first-order valence-corrected chi connectivity index (χ1v) is 11.1. The molecule has 4 amide bonds. The maximum absolute atomic E-state index is 12.4. The predicted octanol–water partition coefficient (Wildman–Crippen LogP) is 1.78. The third-order valence-electron chi connectivity index (χ3n) is 5.02. The summed E-state index contributed by atoms with van der Waals surface area (Å²) in [6, 6.07) is 6.31. The van der Waals surface area contributed by atoms with E-state index in [9.17, 15) is 14.4 Å². The van der Waals surface area contributed by atoms with Crippen molar-refractivity contribution in [1.29, 1.82) is 0 Å². The first-order chi connectivity index (χ1) is 14.5.